The van der Waals surface area contributed by atoms with Gasteiger partial charge in [-0.1, -0.05) is 53.5 Å². The van der Waals surface area contributed by atoms with E-state index in [4.69, 9.17) is 0 Å². The van der Waals surface area contributed by atoms with Crippen LogP contribution in [0.4, 0.5) is 0 Å². The Hall–Kier alpha value is -2.49. The highest BCUT2D eigenvalue weighted by atomic mass is 32.2. The second-order valence-corrected chi connectivity index (χ2v) is 8.95. The first kappa shape index (κ1) is 20.8. The van der Waals surface area contributed by atoms with E-state index in [0.717, 1.165) is 32.7 Å². The van der Waals surface area contributed by atoms with Gasteiger partial charge in [0.25, 0.3) is 0 Å². The maximum Gasteiger partial charge on any atom is 0.187 e. The molecule has 0 N–H and O–H groups in total. The Kier molecular flexibility index (Phi) is 7.65. The van der Waals surface area contributed by atoms with Crippen LogP contribution in [-0.2, 0) is 17.3 Å². The standard InChI is InChI=1S/C21H18N6S3/c1-4-22-19(23-5-1)28-13-16-10-17(14-29-20-24-6-2-7-25-20)12-18(11-16)15-30-21-26-8-3-9-27-21/h1-12H,13-15H2. The minimum absolute atomic E-state index is 0.781. The van der Waals surface area contributed by atoms with Crippen molar-refractivity contribution in [1.82, 2.24) is 29.9 Å². The van der Waals surface area contributed by atoms with Crippen LogP contribution in [0.25, 0.3) is 0 Å². The number of hydrogen-bond donors (Lipinski definition) is 0. The molecule has 0 aliphatic carbocycles. The van der Waals surface area contributed by atoms with Gasteiger partial charge in [0.2, 0.25) is 0 Å². The molecule has 0 spiro atoms. The highest BCUT2D eigenvalue weighted by Crippen LogP contribution is 2.27. The fourth-order valence-corrected chi connectivity index (χ4v) is 4.81. The molecule has 6 nitrogen and oxygen atoms in total. The third-order valence-electron chi connectivity index (χ3n) is 3.84. The molecule has 4 aromatic rings. The molecule has 1 aromatic carbocycles. The summed E-state index contributed by atoms with van der Waals surface area (Å²) in [5.74, 6) is 2.43. The largest absolute Gasteiger partial charge is 0.231 e. The summed E-state index contributed by atoms with van der Waals surface area (Å²) in [4.78, 5) is 25.8. The van der Waals surface area contributed by atoms with Crippen LogP contribution in [0, 0.1) is 0 Å². The highest BCUT2D eigenvalue weighted by molar-refractivity contribution is 7.98. The van der Waals surface area contributed by atoms with Gasteiger partial charge in [-0.2, -0.15) is 0 Å². The van der Waals surface area contributed by atoms with E-state index >= 15 is 0 Å². The maximum absolute atomic E-state index is 4.30. The van der Waals surface area contributed by atoms with E-state index in [1.165, 1.54) is 16.7 Å². The summed E-state index contributed by atoms with van der Waals surface area (Å²) >= 11 is 4.90. The van der Waals surface area contributed by atoms with Crippen molar-refractivity contribution in [3.05, 3.63) is 90.3 Å². The van der Waals surface area contributed by atoms with Gasteiger partial charge in [-0.3, -0.25) is 0 Å². The van der Waals surface area contributed by atoms with Crippen molar-refractivity contribution in [3.63, 3.8) is 0 Å². The number of aromatic nitrogens is 6. The minimum Gasteiger partial charge on any atom is -0.231 e. The van der Waals surface area contributed by atoms with Gasteiger partial charge < -0.3 is 0 Å². The van der Waals surface area contributed by atoms with E-state index in [0.29, 0.717) is 0 Å². The Labute approximate surface area is 187 Å². The van der Waals surface area contributed by atoms with Crippen molar-refractivity contribution < 1.29 is 0 Å². The fourth-order valence-electron chi connectivity index (χ4n) is 2.61. The lowest BCUT2D eigenvalue weighted by Gasteiger charge is -2.09. The van der Waals surface area contributed by atoms with Crippen molar-refractivity contribution in [2.75, 3.05) is 0 Å². The van der Waals surface area contributed by atoms with Crippen LogP contribution in [0.5, 0.6) is 0 Å². The number of benzene rings is 1. The van der Waals surface area contributed by atoms with E-state index < -0.39 is 0 Å². The van der Waals surface area contributed by atoms with Gasteiger partial charge in [-0.05, 0) is 34.9 Å². The summed E-state index contributed by atoms with van der Waals surface area (Å²) in [6.45, 7) is 0. The summed E-state index contributed by atoms with van der Waals surface area (Å²) in [7, 11) is 0. The van der Waals surface area contributed by atoms with Crippen LogP contribution in [0.1, 0.15) is 16.7 Å². The first-order valence-electron chi connectivity index (χ1n) is 9.16. The predicted molar refractivity (Wildman–Crippen MR) is 121 cm³/mol. The van der Waals surface area contributed by atoms with Gasteiger partial charge in [0.1, 0.15) is 0 Å². The normalized spacial score (nSPS) is 10.8. The lowest BCUT2D eigenvalue weighted by atomic mass is 10.1. The Balaban J connectivity index is 1.48. The maximum atomic E-state index is 4.30. The average molecular weight is 451 g/mol. The second-order valence-electron chi connectivity index (χ2n) is 6.12. The fraction of sp³-hybridized carbons (Fsp3) is 0.143. The Morgan fingerprint density at radius 2 is 0.700 bits per heavy atom. The molecule has 9 heteroatoms. The monoisotopic (exact) mass is 450 g/mol. The lowest BCUT2D eigenvalue weighted by Crippen LogP contribution is -1.94. The summed E-state index contributed by atoms with van der Waals surface area (Å²) in [5, 5.41) is 2.34. The van der Waals surface area contributed by atoms with Crippen LogP contribution in [0.3, 0.4) is 0 Å². The molecule has 0 unspecified atom stereocenters. The van der Waals surface area contributed by atoms with Gasteiger partial charge in [0, 0.05) is 54.4 Å². The van der Waals surface area contributed by atoms with Crippen molar-refractivity contribution in [3.8, 4) is 0 Å². The molecule has 0 saturated heterocycles. The minimum atomic E-state index is 0.781. The Morgan fingerprint density at radius 3 is 0.967 bits per heavy atom. The van der Waals surface area contributed by atoms with Crippen LogP contribution >= 0.6 is 35.3 Å². The molecule has 4 rings (SSSR count). The second kappa shape index (κ2) is 11.1. The molecule has 0 radical (unpaired) electrons. The highest BCUT2D eigenvalue weighted by Gasteiger charge is 2.07. The zero-order chi connectivity index (χ0) is 20.4. The number of thioether (sulfide) groups is 3. The van der Waals surface area contributed by atoms with Crippen molar-refractivity contribution >= 4 is 35.3 Å². The van der Waals surface area contributed by atoms with Gasteiger partial charge in [-0.25, -0.2) is 29.9 Å². The molecular formula is C21H18N6S3. The molecule has 0 amide bonds. The number of hydrogen-bond acceptors (Lipinski definition) is 9. The zero-order valence-electron chi connectivity index (χ0n) is 16.0. The van der Waals surface area contributed by atoms with E-state index in [1.54, 1.807) is 72.5 Å². The van der Waals surface area contributed by atoms with Crippen molar-refractivity contribution in [2.45, 2.75) is 32.7 Å². The molecule has 30 heavy (non-hydrogen) atoms. The SMILES string of the molecule is c1cnc(SCc2cc(CSc3ncccn3)cc(CSc3ncccn3)c2)nc1. The number of rotatable bonds is 9. The molecule has 3 heterocycles. The van der Waals surface area contributed by atoms with Crippen LogP contribution in [0.15, 0.2) is 89.0 Å². The van der Waals surface area contributed by atoms with E-state index in [2.05, 4.69) is 48.1 Å². The first-order chi connectivity index (χ1) is 14.8. The molecule has 0 atom stereocenters. The van der Waals surface area contributed by atoms with E-state index in [1.807, 2.05) is 18.2 Å². The quantitative estimate of drug-likeness (QED) is 0.260. The lowest BCUT2D eigenvalue weighted by molar-refractivity contribution is 0.964. The number of nitrogens with zero attached hydrogens (tertiary/aromatic N) is 6. The van der Waals surface area contributed by atoms with E-state index in [-0.39, 0.29) is 0 Å². The molecule has 0 aliphatic rings. The van der Waals surface area contributed by atoms with Gasteiger partial charge in [0.15, 0.2) is 15.5 Å². The molecule has 0 aliphatic heterocycles. The molecule has 150 valence electrons. The van der Waals surface area contributed by atoms with Crippen LogP contribution < -0.4 is 0 Å². The third kappa shape index (κ3) is 6.51. The molecule has 3 aromatic heterocycles. The molecule has 0 saturated carbocycles. The van der Waals surface area contributed by atoms with Crippen molar-refractivity contribution in [2.24, 2.45) is 0 Å². The third-order valence-corrected chi connectivity index (χ3v) is 6.68. The van der Waals surface area contributed by atoms with Gasteiger partial charge in [0.05, 0.1) is 0 Å². The topological polar surface area (TPSA) is 77.3 Å². The summed E-state index contributed by atoms with van der Waals surface area (Å²) in [6, 6.07) is 12.2. The Morgan fingerprint density at radius 1 is 0.433 bits per heavy atom. The van der Waals surface area contributed by atoms with Crippen LogP contribution in [0.2, 0.25) is 0 Å². The van der Waals surface area contributed by atoms with Crippen molar-refractivity contribution in [1.29, 1.82) is 0 Å². The molecule has 0 fully saturated rings. The smallest absolute Gasteiger partial charge is 0.187 e. The predicted octanol–water partition coefficient (Wildman–Crippen LogP) is 4.93. The average Bonchev–Trinajstić information content (AvgIpc) is 2.82. The summed E-state index contributed by atoms with van der Waals surface area (Å²) in [5.41, 5.74) is 3.72. The first-order valence-corrected chi connectivity index (χ1v) is 12.1. The summed E-state index contributed by atoms with van der Waals surface area (Å²) < 4.78 is 0. The zero-order valence-corrected chi connectivity index (χ0v) is 18.4. The van der Waals surface area contributed by atoms with Gasteiger partial charge in [-0.15, -0.1) is 0 Å². The van der Waals surface area contributed by atoms with Gasteiger partial charge >= 0.3 is 0 Å². The van der Waals surface area contributed by atoms with E-state index in [9.17, 15) is 0 Å². The Bertz CT molecular complexity index is 903. The molecule has 0 bridgehead atoms. The molecular weight excluding hydrogens is 432 g/mol. The van der Waals surface area contributed by atoms with Crippen LogP contribution in [-0.4, -0.2) is 29.9 Å². The summed E-state index contributed by atoms with van der Waals surface area (Å²) in [6.07, 6.45) is 10.6.